The van der Waals surface area contributed by atoms with Crippen LogP contribution in [0, 0.1) is 3.57 Å². The summed E-state index contributed by atoms with van der Waals surface area (Å²) in [6.07, 6.45) is 0. The van der Waals surface area contributed by atoms with Crippen LogP contribution < -0.4 is 25.8 Å². The van der Waals surface area contributed by atoms with Gasteiger partial charge in [0.05, 0.1) is 21.9 Å². The van der Waals surface area contributed by atoms with Crippen LogP contribution in [-0.4, -0.2) is 30.9 Å². The second kappa shape index (κ2) is 9.82. The third-order valence-electron chi connectivity index (χ3n) is 4.54. The minimum absolute atomic E-state index is 0.182. The van der Waals surface area contributed by atoms with Gasteiger partial charge in [0.15, 0.2) is 23.9 Å². The zero-order valence-electron chi connectivity index (χ0n) is 17.0. The highest BCUT2D eigenvalue weighted by Crippen LogP contribution is 2.39. The fraction of sp³-hybridized carbons (Fsp3) is 0.227. The van der Waals surface area contributed by atoms with Crippen LogP contribution in [0.5, 0.6) is 11.5 Å². The summed E-state index contributed by atoms with van der Waals surface area (Å²) in [5.41, 5.74) is 7.46. The summed E-state index contributed by atoms with van der Waals surface area (Å²) in [4.78, 5) is 36.3. The number of urea groups is 1. The van der Waals surface area contributed by atoms with Gasteiger partial charge < -0.3 is 25.8 Å². The molecule has 3 amide bonds. The molecule has 0 bridgehead atoms. The number of nitrogens with two attached hydrogens (primary N) is 1. The van der Waals surface area contributed by atoms with Gasteiger partial charge in [-0.3, -0.25) is 9.59 Å². The number of rotatable bonds is 8. The lowest BCUT2D eigenvalue weighted by Gasteiger charge is -2.30. The second-order valence-corrected chi connectivity index (χ2v) is 7.92. The highest BCUT2D eigenvalue weighted by molar-refractivity contribution is 14.1. The van der Waals surface area contributed by atoms with E-state index >= 15 is 0 Å². The Morgan fingerprint density at radius 1 is 1.16 bits per heavy atom. The average molecular weight is 535 g/mol. The number of carbonyl (C=O) groups is 3. The molecular weight excluding hydrogens is 513 g/mol. The average Bonchev–Trinajstić information content (AvgIpc) is 2.72. The molecule has 2 aromatic rings. The van der Waals surface area contributed by atoms with Crippen LogP contribution in [0.3, 0.4) is 0 Å². The van der Waals surface area contributed by atoms with E-state index in [0.29, 0.717) is 38.5 Å². The van der Waals surface area contributed by atoms with E-state index in [2.05, 4.69) is 33.2 Å². The van der Waals surface area contributed by atoms with Crippen molar-refractivity contribution in [3.63, 3.8) is 0 Å². The van der Waals surface area contributed by atoms with Crippen molar-refractivity contribution in [1.82, 2.24) is 10.6 Å². The molecule has 0 unspecified atom stereocenters. The van der Waals surface area contributed by atoms with Gasteiger partial charge >= 0.3 is 6.03 Å². The molecular formula is C22H22IN3O5. The second-order valence-electron chi connectivity index (χ2n) is 6.76. The molecule has 0 saturated carbocycles. The molecule has 9 heteroatoms. The first kappa shape index (κ1) is 22.6. The molecule has 4 N–H and O–H groups in total. The molecule has 2 aromatic carbocycles. The number of benzene rings is 2. The molecule has 3 rings (SSSR count). The fourth-order valence-corrected chi connectivity index (χ4v) is 4.11. The van der Waals surface area contributed by atoms with E-state index in [-0.39, 0.29) is 12.4 Å². The molecule has 31 heavy (non-hydrogen) atoms. The van der Waals surface area contributed by atoms with Gasteiger partial charge in [-0.25, -0.2) is 4.79 Å². The normalized spacial score (nSPS) is 15.7. The minimum Gasteiger partial charge on any atom is -0.490 e. The van der Waals surface area contributed by atoms with Gasteiger partial charge in [-0.05, 0) is 59.7 Å². The van der Waals surface area contributed by atoms with Gasteiger partial charge in [0, 0.05) is 5.57 Å². The molecule has 0 saturated heterocycles. The predicted octanol–water partition coefficient (Wildman–Crippen LogP) is 2.91. The summed E-state index contributed by atoms with van der Waals surface area (Å²) in [6.45, 7) is 3.34. The first-order chi connectivity index (χ1) is 14.8. The summed E-state index contributed by atoms with van der Waals surface area (Å²) >= 11 is 2.05. The lowest BCUT2D eigenvalue weighted by Crippen LogP contribution is -2.44. The molecule has 1 aliphatic rings. The van der Waals surface area contributed by atoms with E-state index in [1.165, 1.54) is 6.92 Å². The first-order valence-electron chi connectivity index (χ1n) is 9.57. The Hall–Kier alpha value is -3.08. The van der Waals surface area contributed by atoms with Crippen molar-refractivity contribution in [2.24, 2.45) is 5.73 Å². The van der Waals surface area contributed by atoms with Crippen LogP contribution in [0.1, 0.15) is 31.0 Å². The van der Waals surface area contributed by atoms with Gasteiger partial charge in [0.1, 0.15) is 0 Å². The van der Waals surface area contributed by atoms with Crippen molar-refractivity contribution in [2.75, 3.05) is 13.2 Å². The van der Waals surface area contributed by atoms with Gasteiger partial charge in [0.25, 0.3) is 5.91 Å². The summed E-state index contributed by atoms with van der Waals surface area (Å²) in [7, 11) is 0. The lowest BCUT2D eigenvalue weighted by atomic mass is 9.90. The zero-order chi connectivity index (χ0) is 22.5. The van der Waals surface area contributed by atoms with E-state index in [1.54, 1.807) is 12.1 Å². The Balaban J connectivity index is 2.14. The van der Waals surface area contributed by atoms with Crippen LogP contribution in [0.2, 0.25) is 0 Å². The van der Waals surface area contributed by atoms with Gasteiger partial charge in [-0.15, -0.1) is 0 Å². The van der Waals surface area contributed by atoms with Crippen molar-refractivity contribution in [2.45, 2.75) is 19.9 Å². The third kappa shape index (κ3) is 5.16. The molecule has 0 aromatic heterocycles. The molecule has 0 radical (unpaired) electrons. The monoisotopic (exact) mass is 535 g/mol. The SMILES string of the molecule is CCOc1cc([C@@H]2NC(=O)NC(c3ccccc3)=C2C(C)=O)cc(I)c1OCC(N)=O. The number of ketones is 1. The number of amides is 3. The number of nitrogens with one attached hydrogen (secondary N) is 2. The van der Waals surface area contributed by atoms with Crippen LogP contribution in [-0.2, 0) is 9.59 Å². The Labute approximate surface area is 193 Å². The van der Waals surface area contributed by atoms with E-state index in [4.69, 9.17) is 15.2 Å². The van der Waals surface area contributed by atoms with Crippen LogP contribution in [0.25, 0.3) is 5.70 Å². The summed E-state index contributed by atoms with van der Waals surface area (Å²) in [5, 5.41) is 5.59. The Morgan fingerprint density at radius 2 is 1.87 bits per heavy atom. The standard InChI is InChI=1S/C22H22IN3O5/c1-3-30-16-10-14(9-15(23)21(16)31-11-17(24)28)20-18(12(2)27)19(25-22(29)26-20)13-7-5-4-6-8-13/h4-10,20H,3,11H2,1-2H3,(H2,24,28)(H2,25,26,29)/t20-/m0/s1. The third-order valence-corrected chi connectivity index (χ3v) is 5.34. The number of Topliss-reactive ketones (excluding diaryl/α,β-unsaturated/α-hetero) is 1. The number of hydrogen-bond donors (Lipinski definition) is 3. The molecule has 8 nitrogen and oxygen atoms in total. The maximum Gasteiger partial charge on any atom is 0.320 e. The molecule has 162 valence electrons. The van der Waals surface area contributed by atoms with E-state index in [1.807, 2.05) is 37.3 Å². The van der Waals surface area contributed by atoms with Crippen LogP contribution >= 0.6 is 22.6 Å². The van der Waals surface area contributed by atoms with Gasteiger partial charge in [-0.2, -0.15) is 0 Å². The largest absolute Gasteiger partial charge is 0.490 e. The topological polar surface area (TPSA) is 120 Å². The van der Waals surface area contributed by atoms with E-state index in [0.717, 1.165) is 5.56 Å². The molecule has 0 aliphatic carbocycles. The smallest absolute Gasteiger partial charge is 0.320 e. The Kier molecular flexibility index (Phi) is 7.16. The van der Waals surface area contributed by atoms with Crippen LogP contribution in [0.15, 0.2) is 48.0 Å². The van der Waals surface area contributed by atoms with Crippen molar-refractivity contribution >= 4 is 46.0 Å². The number of primary amides is 1. The quantitative estimate of drug-likeness (QED) is 0.450. The lowest BCUT2D eigenvalue weighted by molar-refractivity contribution is -0.120. The Bertz CT molecular complexity index is 1050. The molecule has 1 atom stereocenters. The van der Waals surface area contributed by atoms with E-state index in [9.17, 15) is 14.4 Å². The van der Waals surface area contributed by atoms with Gasteiger partial charge in [-0.1, -0.05) is 30.3 Å². The van der Waals surface area contributed by atoms with Crippen LogP contribution in [0.4, 0.5) is 4.79 Å². The highest BCUT2D eigenvalue weighted by atomic mass is 127. The molecule has 1 aliphatic heterocycles. The maximum atomic E-state index is 12.7. The van der Waals surface area contributed by atoms with Gasteiger partial charge in [0.2, 0.25) is 0 Å². The maximum absolute atomic E-state index is 12.7. The number of ether oxygens (including phenoxy) is 2. The number of halogens is 1. The van der Waals surface area contributed by atoms with Crippen molar-refractivity contribution < 1.29 is 23.9 Å². The molecule has 1 heterocycles. The summed E-state index contributed by atoms with van der Waals surface area (Å²) in [6, 6.07) is 11.6. The molecule has 0 fully saturated rings. The highest BCUT2D eigenvalue weighted by Gasteiger charge is 2.32. The first-order valence-corrected chi connectivity index (χ1v) is 10.6. The summed E-state index contributed by atoms with van der Waals surface area (Å²) < 4.78 is 11.9. The summed E-state index contributed by atoms with van der Waals surface area (Å²) in [5.74, 6) is -0.0230. The number of carbonyl (C=O) groups excluding carboxylic acids is 3. The number of hydrogen-bond acceptors (Lipinski definition) is 5. The van der Waals surface area contributed by atoms with Crippen molar-refractivity contribution in [1.29, 1.82) is 0 Å². The predicted molar refractivity (Wildman–Crippen MR) is 123 cm³/mol. The van der Waals surface area contributed by atoms with Crippen molar-refractivity contribution in [3.8, 4) is 11.5 Å². The zero-order valence-corrected chi connectivity index (χ0v) is 19.2. The minimum atomic E-state index is -0.695. The molecule has 0 spiro atoms. The fourth-order valence-electron chi connectivity index (χ4n) is 3.33. The van der Waals surface area contributed by atoms with Crippen molar-refractivity contribution in [3.05, 3.63) is 62.7 Å². The Morgan fingerprint density at radius 3 is 2.48 bits per heavy atom. The van der Waals surface area contributed by atoms with E-state index < -0.39 is 18.0 Å².